The van der Waals surface area contributed by atoms with E-state index in [4.69, 9.17) is 10.1 Å². The molecule has 0 amide bonds. The smallest absolute Gasteiger partial charge is 0.302 e. The van der Waals surface area contributed by atoms with Gasteiger partial charge in [0, 0.05) is 13.3 Å². The Hall–Kier alpha value is -3.17. The lowest BCUT2D eigenvalue weighted by Crippen LogP contribution is -2.50. The van der Waals surface area contributed by atoms with Crippen molar-refractivity contribution in [3.05, 3.63) is 34.4 Å². The fourth-order valence-electron chi connectivity index (χ4n) is 8.22. The first kappa shape index (κ1) is 22.6. The maximum atomic E-state index is 11.5. The van der Waals surface area contributed by atoms with Gasteiger partial charge in [-0.2, -0.15) is 15.8 Å². The summed E-state index contributed by atoms with van der Waals surface area (Å²) in [6.45, 7) is 6.10. The van der Waals surface area contributed by atoms with Crippen LogP contribution in [0.25, 0.3) is 0 Å². The van der Waals surface area contributed by atoms with Crippen LogP contribution in [-0.2, 0) is 9.53 Å². The Morgan fingerprint density at radius 1 is 1.09 bits per heavy atom. The average Bonchev–Trinajstić information content (AvgIpc) is 3.10. The molecular weight excluding hydrogens is 424 g/mol. The van der Waals surface area contributed by atoms with E-state index >= 15 is 0 Å². The van der Waals surface area contributed by atoms with Crippen molar-refractivity contribution in [2.75, 3.05) is 0 Å². The summed E-state index contributed by atoms with van der Waals surface area (Å²) < 4.78 is 5.55. The van der Waals surface area contributed by atoms with Crippen LogP contribution in [0, 0.1) is 73.4 Å². The molecule has 0 aromatic rings. The Labute approximate surface area is 201 Å². The van der Waals surface area contributed by atoms with Crippen molar-refractivity contribution >= 4 is 11.7 Å². The summed E-state index contributed by atoms with van der Waals surface area (Å²) >= 11 is 0. The van der Waals surface area contributed by atoms with Gasteiger partial charge in [0.2, 0.25) is 5.41 Å². The van der Waals surface area contributed by atoms with E-state index in [2.05, 4.69) is 26.0 Å². The minimum Gasteiger partial charge on any atom is -0.462 e. The van der Waals surface area contributed by atoms with Gasteiger partial charge in [0.25, 0.3) is 0 Å². The number of nitriles is 3. The van der Waals surface area contributed by atoms with E-state index in [1.807, 2.05) is 12.1 Å². The lowest BCUT2D eigenvalue weighted by Gasteiger charge is -2.57. The molecule has 0 spiro atoms. The van der Waals surface area contributed by atoms with Gasteiger partial charge >= 0.3 is 5.97 Å². The monoisotopic (exact) mass is 454 g/mol. The molecule has 0 bridgehead atoms. The maximum absolute atomic E-state index is 11.5. The van der Waals surface area contributed by atoms with Crippen molar-refractivity contribution in [2.24, 2.45) is 34.0 Å². The van der Waals surface area contributed by atoms with Crippen LogP contribution in [0.5, 0.6) is 0 Å². The van der Waals surface area contributed by atoms with Crippen LogP contribution in [0.2, 0.25) is 0 Å². The van der Waals surface area contributed by atoms with Crippen LogP contribution in [0.3, 0.4) is 0 Å². The Bertz CT molecular complexity index is 1200. The highest BCUT2D eigenvalue weighted by molar-refractivity contribution is 6.12. The summed E-state index contributed by atoms with van der Waals surface area (Å²) in [6, 6.07) is 6.23. The van der Waals surface area contributed by atoms with Crippen LogP contribution in [0.4, 0.5) is 0 Å². The molecule has 6 nitrogen and oxygen atoms in total. The summed E-state index contributed by atoms with van der Waals surface area (Å²) in [5.41, 5.74) is 1.55. The lowest BCUT2D eigenvalue weighted by molar-refractivity contribution is -0.148. The van der Waals surface area contributed by atoms with Crippen LogP contribution < -0.4 is 0 Å². The van der Waals surface area contributed by atoms with Crippen molar-refractivity contribution in [3.63, 3.8) is 0 Å². The van der Waals surface area contributed by atoms with Crippen molar-refractivity contribution < 1.29 is 9.53 Å². The van der Waals surface area contributed by atoms with E-state index in [0.717, 1.165) is 56.1 Å². The van der Waals surface area contributed by atoms with Gasteiger partial charge in [-0.25, -0.2) is 0 Å². The second kappa shape index (κ2) is 7.41. The fraction of sp³-hybridized carbons (Fsp3) is 0.607. The molecule has 5 aliphatic carbocycles. The number of esters is 1. The zero-order valence-electron chi connectivity index (χ0n) is 20.1. The summed E-state index contributed by atoms with van der Waals surface area (Å²) in [5.74, 6) is 1.07. The predicted octanol–water partition coefficient (Wildman–Crippen LogP) is 5.30. The molecule has 5 aliphatic rings. The minimum absolute atomic E-state index is 0.0267. The average molecular weight is 455 g/mol. The maximum Gasteiger partial charge on any atom is 0.302 e. The molecule has 0 aromatic heterocycles. The highest BCUT2D eigenvalue weighted by Gasteiger charge is 2.60. The SMILES string of the molecule is CC(=O)OC1CC[C@@]2(C)C(=CCC3C2CC[C@]2(C)C4=C(C#N)C(=N)C(C#N)(C#N)C=C4CC32)C1. The Balaban J connectivity index is 1.54. The molecule has 1 N–H and O–H groups in total. The van der Waals surface area contributed by atoms with E-state index in [0.29, 0.717) is 17.8 Å². The standard InChI is InChI=1S/C28H30N4O2/c1-16(33)34-19-6-8-26(2)18(11-19)4-5-20-22(26)7-9-27(3)23(20)10-17-12-28(14-30,15-31)25(32)21(13-29)24(17)27/h4,12,19-20,22-23,32H,5-11H2,1-3H3/t19?,20?,22?,23?,26-,27-/m0/s1. The molecule has 6 heteroatoms. The molecule has 0 heterocycles. The second-order valence-corrected chi connectivity index (χ2v) is 11.3. The number of hydrogen-bond acceptors (Lipinski definition) is 6. The summed E-state index contributed by atoms with van der Waals surface area (Å²) in [6.07, 6.45) is 10.5. The molecule has 3 fully saturated rings. The number of hydrogen-bond donors (Lipinski definition) is 1. The number of nitrogens with one attached hydrogen (secondary N) is 1. The molecule has 0 saturated heterocycles. The molecule has 34 heavy (non-hydrogen) atoms. The van der Waals surface area contributed by atoms with Gasteiger partial charge in [-0.05, 0) is 84.3 Å². The molecule has 3 saturated carbocycles. The fourth-order valence-corrected chi connectivity index (χ4v) is 8.22. The zero-order chi connectivity index (χ0) is 24.5. The molecule has 0 radical (unpaired) electrons. The molecule has 174 valence electrons. The lowest BCUT2D eigenvalue weighted by atomic mass is 9.47. The third-order valence-corrected chi connectivity index (χ3v) is 9.86. The normalized spacial score (nSPS) is 39.6. The first-order valence-electron chi connectivity index (χ1n) is 12.3. The molecular formula is C28H30N4O2. The summed E-state index contributed by atoms with van der Waals surface area (Å²) in [4.78, 5) is 11.5. The number of fused-ring (bicyclic) bond motifs is 7. The van der Waals surface area contributed by atoms with E-state index in [1.165, 1.54) is 12.5 Å². The second-order valence-electron chi connectivity index (χ2n) is 11.3. The van der Waals surface area contributed by atoms with Gasteiger partial charge < -0.3 is 10.1 Å². The van der Waals surface area contributed by atoms with Gasteiger partial charge in [0.05, 0.1) is 23.4 Å². The largest absolute Gasteiger partial charge is 0.462 e. The van der Waals surface area contributed by atoms with Crippen LogP contribution in [-0.4, -0.2) is 17.8 Å². The number of allylic oxidation sites excluding steroid dienone is 5. The first-order valence-corrected chi connectivity index (χ1v) is 12.3. The van der Waals surface area contributed by atoms with Crippen molar-refractivity contribution in [1.82, 2.24) is 0 Å². The van der Waals surface area contributed by atoms with Gasteiger partial charge in [0.1, 0.15) is 12.2 Å². The van der Waals surface area contributed by atoms with Gasteiger partial charge in [-0.1, -0.05) is 25.5 Å². The van der Waals surface area contributed by atoms with Gasteiger partial charge in [0.15, 0.2) is 0 Å². The zero-order valence-corrected chi connectivity index (χ0v) is 20.1. The summed E-state index contributed by atoms with van der Waals surface area (Å²) in [5, 5.41) is 38.1. The highest BCUT2D eigenvalue weighted by atomic mass is 16.5. The first-order chi connectivity index (χ1) is 16.1. The third-order valence-electron chi connectivity index (χ3n) is 9.86. The van der Waals surface area contributed by atoms with E-state index < -0.39 is 5.41 Å². The van der Waals surface area contributed by atoms with Crippen molar-refractivity contribution in [1.29, 1.82) is 21.2 Å². The number of rotatable bonds is 1. The van der Waals surface area contributed by atoms with Gasteiger partial charge in [-0.15, -0.1) is 0 Å². The van der Waals surface area contributed by atoms with E-state index in [-0.39, 0.29) is 34.2 Å². The van der Waals surface area contributed by atoms with Crippen LogP contribution in [0.15, 0.2) is 34.4 Å². The Morgan fingerprint density at radius 3 is 2.44 bits per heavy atom. The van der Waals surface area contributed by atoms with E-state index in [9.17, 15) is 20.6 Å². The predicted molar refractivity (Wildman–Crippen MR) is 125 cm³/mol. The molecule has 5 rings (SSSR count). The molecule has 0 aliphatic heterocycles. The van der Waals surface area contributed by atoms with Crippen LogP contribution >= 0.6 is 0 Å². The quantitative estimate of drug-likeness (QED) is 0.425. The molecule has 6 atom stereocenters. The summed E-state index contributed by atoms with van der Waals surface area (Å²) in [7, 11) is 0. The van der Waals surface area contributed by atoms with Crippen LogP contribution in [0.1, 0.15) is 65.7 Å². The number of ether oxygens (including phenoxy) is 1. The van der Waals surface area contributed by atoms with Crippen molar-refractivity contribution in [3.8, 4) is 18.2 Å². The van der Waals surface area contributed by atoms with Crippen molar-refractivity contribution in [2.45, 2.75) is 71.8 Å². The molecule has 4 unspecified atom stereocenters. The number of carbonyl (C=O) groups is 1. The van der Waals surface area contributed by atoms with E-state index in [1.54, 1.807) is 6.08 Å². The Morgan fingerprint density at radius 2 is 1.79 bits per heavy atom. The van der Waals surface area contributed by atoms with Gasteiger partial charge in [-0.3, -0.25) is 4.79 Å². The number of carbonyl (C=O) groups excluding carboxylic acids is 1. The third kappa shape index (κ3) is 2.83. The minimum atomic E-state index is -1.67. The topological polar surface area (TPSA) is 122 Å². The molecule has 0 aromatic carbocycles. The Kier molecular flexibility index (Phi) is 4.93. The highest BCUT2D eigenvalue weighted by Crippen LogP contribution is 2.68. The number of nitrogens with zero attached hydrogens (tertiary/aromatic N) is 3.